The van der Waals surface area contributed by atoms with Crippen LogP contribution in [0.25, 0.3) is 0 Å². The number of carbonyl (C=O) groups is 1. The van der Waals surface area contributed by atoms with Gasteiger partial charge in [-0.1, -0.05) is 13.3 Å². The van der Waals surface area contributed by atoms with E-state index in [1.165, 1.54) is 0 Å². The van der Waals surface area contributed by atoms with Gasteiger partial charge in [-0.3, -0.25) is 4.79 Å². The molecule has 1 aliphatic heterocycles. The zero-order valence-corrected chi connectivity index (χ0v) is 10.0. The largest absolute Gasteiger partial charge is 0.406 e. The summed E-state index contributed by atoms with van der Waals surface area (Å²) in [6, 6.07) is -0.433. The van der Waals surface area contributed by atoms with Gasteiger partial charge in [-0.2, -0.15) is 13.2 Å². The summed E-state index contributed by atoms with van der Waals surface area (Å²) in [4.78, 5) is 12.8. The lowest BCUT2D eigenvalue weighted by molar-refractivity contribution is -0.162. The van der Waals surface area contributed by atoms with Crippen molar-refractivity contribution in [3.8, 4) is 0 Å². The monoisotopic (exact) mass is 252 g/mol. The summed E-state index contributed by atoms with van der Waals surface area (Å²) in [5.74, 6) is -0.413. The van der Waals surface area contributed by atoms with Gasteiger partial charge in [0.2, 0.25) is 5.91 Å². The number of amides is 1. The summed E-state index contributed by atoms with van der Waals surface area (Å²) in [7, 11) is 0. The number of nitrogens with zero attached hydrogens (tertiary/aromatic N) is 1. The van der Waals surface area contributed by atoms with Gasteiger partial charge >= 0.3 is 6.18 Å². The summed E-state index contributed by atoms with van der Waals surface area (Å²) in [6.07, 6.45) is -1.27. The molecule has 1 atom stereocenters. The number of carbonyl (C=O) groups excluding carboxylic acids is 1. The molecule has 6 heteroatoms. The summed E-state index contributed by atoms with van der Waals surface area (Å²) < 4.78 is 37.0. The molecule has 0 unspecified atom stereocenters. The molecule has 1 fully saturated rings. The Hall–Kier alpha value is -0.780. The van der Waals surface area contributed by atoms with Crippen LogP contribution in [0.4, 0.5) is 13.2 Å². The Morgan fingerprint density at radius 2 is 2.12 bits per heavy atom. The normalized spacial score (nSPS) is 21.3. The SMILES string of the molecule is CCCN(CC(F)(F)F)C(=O)[C@@H]1CCCCN1. The van der Waals surface area contributed by atoms with Crippen molar-refractivity contribution in [1.82, 2.24) is 10.2 Å². The van der Waals surface area contributed by atoms with Crippen molar-refractivity contribution in [2.45, 2.75) is 44.8 Å². The fraction of sp³-hybridized carbons (Fsp3) is 0.909. The van der Waals surface area contributed by atoms with Crippen molar-refractivity contribution in [2.75, 3.05) is 19.6 Å². The molecule has 100 valence electrons. The van der Waals surface area contributed by atoms with E-state index in [2.05, 4.69) is 5.32 Å². The first-order chi connectivity index (χ1) is 7.94. The molecule has 0 spiro atoms. The second kappa shape index (κ2) is 6.23. The van der Waals surface area contributed by atoms with E-state index in [9.17, 15) is 18.0 Å². The van der Waals surface area contributed by atoms with Gasteiger partial charge in [-0.05, 0) is 25.8 Å². The Balaban J connectivity index is 2.58. The van der Waals surface area contributed by atoms with E-state index in [0.717, 1.165) is 17.7 Å². The van der Waals surface area contributed by atoms with E-state index in [-0.39, 0.29) is 6.54 Å². The van der Waals surface area contributed by atoms with Crippen molar-refractivity contribution < 1.29 is 18.0 Å². The number of hydrogen-bond acceptors (Lipinski definition) is 2. The van der Waals surface area contributed by atoms with E-state index >= 15 is 0 Å². The summed E-state index contributed by atoms with van der Waals surface area (Å²) in [6.45, 7) is 1.50. The molecule has 1 N–H and O–H groups in total. The molecule has 0 saturated carbocycles. The maximum absolute atomic E-state index is 12.3. The number of nitrogens with one attached hydrogen (secondary N) is 1. The van der Waals surface area contributed by atoms with Gasteiger partial charge in [0, 0.05) is 6.54 Å². The predicted octanol–water partition coefficient (Wildman–Crippen LogP) is 1.93. The van der Waals surface area contributed by atoms with Crippen LogP contribution in [0.3, 0.4) is 0 Å². The van der Waals surface area contributed by atoms with Crippen LogP contribution in [-0.2, 0) is 4.79 Å². The lowest BCUT2D eigenvalue weighted by atomic mass is 10.0. The molecular formula is C11H19F3N2O. The van der Waals surface area contributed by atoms with Gasteiger partial charge in [0.05, 0.1) is 6.04 Å². The van der Waals surface area contributed by atoms with Crippen molar-refractivity contribution >= 4 is 5.91 Å². The molecule has 1 aliphatic rings. The first kappa shape index (κ1) is 14.3. The van der Waals surface area contributed by atoms with Gasteiger partial charge in [0.15, 0.2) is 0 Å². The zero-order chi connectivity index (χ0) is 12.9. The van der Waals surface area contributed by atoms with E-state index in [4.69, 9.17) is 0 Å². The number of rotatable bonds is 4. The molecule has 0 aromatic heterocycles. The van der Waals surface area contributed by atoms with Gasteiger partial charge in [-0.25, -0.2) is 0 Å². The second-order valence-corrected chi connectivity index (χ2v) is 4.38. The Kier molecular flexibility index (Phi) is 5.24. The lowest BCUT2D eigenvalue weighted by Crippen LogP contribution is -2.51. The van der Waals surface area contributed by atoms with Crippen molar-refractivity contribution in [2.24, 2.45) is 0 Å². The quantitative estimate of drug-likeness (QED) is 0.829. The third-order valence-electron chi connectivity index (χ3n) is 2.78. The second-order valence-electron chi connectivity index (χ2n) is 4.38. The Morgan fingerprint density at radius 1 is 1.41 bits per heavy atom. The van der Waals surface area contributed by atoms with E-state index in [1.807, 2.05) is 0 Å². The minimum absolute atomic E-state index is 0.163. The molecule has 0 aromatic carbocycles. The predicted molar refractivity (Wildman–Crippen MR) is 58.6 cm³/mol. The lowest BCUT2D eigenvalue weighted by Gasteiger charge is -2.30. The smallest absolute Gasteiger partial charge is 0.332 e. The minimum Gasteiger partial charge on any atom is -0.332 e. The third-order valence-corrected chi connectivity index (χ3v) is 2.78. The highest BCUT2D eigenvalue weighted by molar-refractivity contribution is 5.82. The van der Waals surface area contributed by atoms with Crippen LogP contribution in [-0.4, -0.2) is 42.7 Å². The van der Waals surface area contributed by atoms with Gasteiger partial charge in [0.1, 0.15) is 6.54 Å². The molecule has 0 radical (unpaired) electrons. The topological polar surface area (TPSA) is 32.3 Å². The number of halogens is 3. The highest BCUT2D eigenvalue weighted by Gasteiger charge is 2.35. The fourth-order valence-electron chi connectivity index (χ4n) is 2.04. The van der Waals surface area contributed by atoms with E-state index in [0.29, 0.717) is 19.4 Å². The van der Waals surface area contributed by atoms with Gasteiger partial charge in [-0.15, -0.1) is 0 Å². The van der Waals surface area contributed by atoms with Gasteiger partial charge < -0.3 is 10.2 Å². The van der Waals surface area contributed by atoms with Crippen molar-refractivity contribution in [3.63, 3.8) is 0 Å². The van der Waals surface area contributed by atoms with Crippen LogP contribution in [0.2, 0.25) is 0 Å². The average Bonchev–Trinajstić information content (AvgIpc) is 2.27. The third kappa shape index (κ3) is 4.93. The van der Waals surface area contributed by atoms with Crippen LogP contribution >= 0.6 is 0 Å². The molecule has 0 aliphatic carbocycles. The highest BCUT2D eigenvalue weighted by atomic mass is 19.4. The number of alkyl halides is 3. The van der Waals surface area contributed by atoms with E-state index < -0.39 is 24.7 Å². The molecule has 1 heterocycles. The molecule has 17 heavy (non-hydrogen) atoms. The van der Waals surface area contributed by atoms with Crippen LogP contribution in [0.15, 0.2) is 0 Å². The molecule has 1 saturated heterocycles. The average molecular weight is 252 g/mol. The standard InChI is InChI=1S/C11H19F3N2O/c1-2-7-16(8-11(12,13)14)10(17)9-5-3-4-6-15-9/h9,15H,2-8H2,1H3/t9-/m0/s1. The zero-order valence-electron chi connectivity index (χ0n) is 10.0. The number of hydrogen-bond donors (Lipinski definition) is 1. The molecule has 3 nitrogen and oxygen atoms in total. The maximum Gasteiger partial charge on any atom is 0.406 e. The molecule has 1 amide bonds. The Bertz CT molecular complexity index is 250. The van der Waals surface area contributed by atoms with Crippen LogP contribution < -0.4 is 5.32 Å². The summed E-state index contributed by atoms with van der Waals surface area (Å²) in [5.41, 5.74) is 0. The fourth-order valence-corrected chi connectivity index (χ4v) is 2.04. The Morgan fingerprint density at radius 3 is 2.59 bits per heavy atom. The summed E-state index contributed by atoms with van der Waals surface area (Å²) >= 11 is 0. The molecule has 0 aromatic rings. The molecular weight excluding hydrogens is 233 g/mol. The molecule has 0 bridgehead atoms. The number of piperidine rings is 1. The highest BCUT2D eigenvalue weighted by Crippen LogP contribution is 2.18. The van der Waals surface area contributed by atoms with E-state index in [1.54, 1.807) is 6.92 Å². The van der Waals surface area contributed by atoms with Crippen LogP contribution in [0.5, 0.6) is 0 Å². The van der Waals surface area contributed by atoms with Crippen LogP contribution in [0, 0.1) is 0 Å². The maximum atomic E-state index is 12.3. The first-order valence-electron chi connectivity index (χ1n) is 6.03. The van der Waals surface area contributed by atoms with Gasteiger partial charge in [0.25, 0.3) is 0 Å². The van der Waals surface area contributed by atoms with Crippen LogP contribution in [0.1, 0.15) is 32.6 Å². The minimum atomic E-state index is -4.32. The molecule has 1 rings (SSSR count). The van der Waals surface area contributed by atoms with Crippen molar-refractivity contribution in [3.05, 3.63) is 0 Å². The Labute approximate surface area is 99.4 Å². The first-order valence-corrected chi connectivity index (χ1v) is 6.03. The van der Waals surface area contributed by atoms with Crippen molar-refractivity contribution in [1.29, 1.82) is 0 Å². The summed E-state index contributed by atoms with van der Waals surface area (Å²) in [5, 5.41) is 2.98.